The van der Waals surface area contributed by atoms with Crippen LogP contribution in [0.25, 0.3) is 0 Å². The first-order valence-corrected chi connectivity index (χ1v) is 14.1. The average molecular weight is 553 g/mol. The largest absolute Gasteiger partial charge is 0.495 e. The molecule has 11 heteroatoms. The first-order valence-electron chi connectivity index (χ1n) is 14.1. The topological polar surface area (TPSA) is 121 Å². The van der Waals surface area contributed by atoms with Crippen molar-refractivity contribution in [2.45, 2.75) is 71.3 Å². The van der Waals surface area contributed by atoms with Crippen molar-refractivity contribution in [3.63, 3.8) is 0 Å². The van der Waals surface area contributed by atoms with Crippen LogP contribution in [0.5, 0.6) is 5.75 Å². The predicted octanol–water partition coefficient (Wildman–Crippen LogP) is 3.86. The third-order valence-corrected chi connectivity index (χ3v) is 7.85. The number of carbonyl (C=O) groups is 2. The van der Waals surface area contributed by atoms with Gasteiger partial charge in [-0.25, -0.2) is 4.98 Å². The molecule has 0 bridgehead atoms. The van der Waals surface area contributed by atoms with Gasteiger partial charge in [0.25, 0.3) is 5.91 Å². The minimum Gasteiger partial charge on any atom is -0.495 e. The van der Waals surface area contributed by atoms with Crippen molar-refractivity contribution >= 4 is 35.0 Å². The maximum Gasteiger partial charge on any atom is 0.251 e. The van der Waals surface area contributed by atoms with Crippen molar-refractivity contribution < 1.29 is 23.8 Å². The standard InChI is InChI=1S/C29H40N6O5/c1-18-26(40-18)39-14-8-13-30-25(36)19-11-12-21(23(15-19)38-5)32-28-31-16-22-24(33-28)35(20-9-6-7-10-20)17-29(2,3)27(37)34(22)4/h11-12,15-16,18,20,26H,6-10,13-14,17H2,1-5H3,(H,30,36)(H,31,32,33). The van der Waals surface area contributed by atoms with E-state index in [0.29, 0.717) is 60.8 Å². The molecule has 1 saturated carbocycles. The third kappa shape index (κ3) is 6.00. The highest BCUT2D eigenvalue weighted by atomic mass is 16.8. The van der Waals surface area contributed by atoms with E-state index in [2.05, 4.69) is 20.5 Å². The van der Waals surface area contributed by atoms with Crippen LogP contribution in [0, 0.1) is 5.41 Å². The number of amides is 2. The number of nitrogens with one attached hydrogen (secondary N) is 2. The maximum absolute atomic E-state index is 13.2. The summed E-state index contributed by atoms with van der Waals surface area (Å²) in [4.78, 5) is 39.4. The molecule has 2 atom stereocenters. The number of rotatable bonds is 10. The van der Waals surface area contributed by atoms with Gasteiger partial charge in [-0.1, -0.05) is 12.8 Å². The molecule has 1 aromatic carbocycles. The Morgan fingerprint density at radius 1 is 1.25 bits per heavy atom. The van der Waals surface area contributed by atoms with Gasteiger partial charge in [-0.2, -0.15) is 4.98 Å². The van der Waals surface area contributed by atoms with Crippen LogP contribution in [0.3, 0.4) is 0 Å². The summed E-state index contributed by atoms with van der Waals surface area (Å²) in [5, 5.41) is 6.17. The summed E-state index contributed by atoms with van der Waals surface area (Å²) < 4.78 is 16.3. The molecule has 2 fully saturated rings. The summed E-state index contributed by atoms with van der Waals surface area (Å²) in [6, 6.07) is 5.55. The predicted molar refractivity (Wildman–Crippen MR) is 152 cm³/mol. The number of aromatic nitrogens is 2. The van der Waals surface area contributed by atoms with E-state index in [4.69, 9.17) is 19.2 Å². The summed E-state index contributed by atoms with van der Waals surface area (Å²) in [6.07, 6.45) is 6.98. The SMILES string of the molecule is COc1cc(C(=O)NCCCOC2OC2C)ccc1Nc1ncc2c(n1)N(C1CCCC1)CC(C)(C)C(=O)N2C. The highest BCUT2D eigenvalue weighted by Crippen LogP contribution is 2.40. The molecule has 3 heterocycles. The molecule has 11 nitrogen and oxygen atoms in total. The van der Waals surface area contributed by atoms with Crippen LogP contribution in [0.2, 0.25) is 0 Å². The number of anilines is 4. The fourth-order valence-corrected chi connectivity index (χ4v) is 5.50. The number of carbonyl (C=O) groups excluding carboxylic acids is 2. The van der Waals surface area contributed by atoms with Gasteiger partial charge in [0.05, 0.1) is 31.0 Å². The molecule has 2 N–H and O–H groups in total. The molecule has 2 amide bonds. The Bertz CT molecular complexity index is 1250. The summed E-state index contributed by atoms with van der Waals surface area (Å²) in [5.41, 5.74) is 1.27. The van der Waals surface area contributed by atoms with Crippen LogP contribution >= 0.6 is 0 Å². The van der Waals surface area contributed by atoms with Gasteiger partial charge in [-0.15, -0.1) is 0 Å². The number of benzene rings is 1. The number of methoxy groups -OCH3 is 1. The van der Waals surface area contributed by atoms with E-state index in [9.17, 15) is 9.59 Å². The molecule has 2 aliphatic heterocycles. The van der Waals surface area contributed by atoms with Crippen molar-refractivity contribution in [2.75, 3.05) is 49.0 Å². The van der Waals surface area contributed by atoms with Crippen LogP contribution in [0.15, 0.2) is 24.4 Å². The van der Waals surface area contributed by atoms with Crippen LogP contribution in [-0.2, 0) is 14.3 Å². The number of epoxide rings is 1. The Kier molecular flexibility index (Phi) is 8.14. The van der Waals surface area contributed by atoms with Gasteiger partial charge in [0.15, 0.2) is 12.1 Å². The molecule has 2 unspecified atom stereocenters. The lowest BCUT2D eigenvalue weighted by atomic mass is 9.91. The number of ether oxygens (including phenoxy) is 3. The second-order valence-electron chi connectivity index (χ2n) is 11.4. The first-order chi connectivity index (χ1) is 19.2. The zero-order chi connectivity index (χ0) is 28.4. The Morgan fingerprint density at radius 2 is 2.00 bits per heavy atom. The molecule has 1 aromatic heterocycles. The molecule has 2 aromatic rings. The maximum atomic E-state index is 13.2. The Balaban J connectivity index is 1.30. The van der Waals surface area contributed by atoms with Crippen molar-refractivity contribution in [3.8, 4) is 5.75 Å². The number of fused-ring (bicyclic) bond motifs is 1. The summed E-state index contributed by atoms with van der Waals surface area (Å²) in [5.74, 6) is 1.51. The molecule has 0 spiro atoms. The van der Waals surface area contributed by atoms with E-state index in [1.807, 2.05) is 20.8 Å². The number of hydrogen-bond acceptors (Lipinski definition) is 9. The van der Waals surface area contributed by atoms with Crippen LogP contribution in [0.4, 0.5) is 23.1 Å². The summed E-state index contributed by atoms with van der Waals surface area (Å²) in [7, 11) is 3.35. The highest BCUT2D eigenvalue weighted by Gasteiger charge is 2.41. The number of hydrogen-bond donors (Lipinski definition) is 2. The zero-order valence-corrected chi connectivity index (χ0v) is 24.0. The van der Waals surface area contributed by atoms with Crippen molar-refractivity contribution in [3.05, 3.63) is 30.0 Å². The third-order valence-electron chi connectivity index (χ3n) is 7.85. The monoisotopic (exact) mass is 552 g/mol. The van der Waals surface area contributed by atoms with E-state index >= 15 is 0 Å². The number of nitrogens with zero attached hydrogens (tertiary/aromatic N) is 4. The minimum atomic E-state index is -0.553. The second-order valence-corrected chi connectivity index (χ2v) is 11.4. The lowest BCUT2D eigenvalue weighted by Crippen LogP contribution is -2.45. The summed E-state index contributed by atoms with van der Waals surface area (Å²) in [6.45, 7) is 7.57. The summed E-state index contributed by atoms with van der Waals surface area (Å²) >= 11 is 0. The fraction of sp³-hybridized carbons (Fsp3) is 0.586. The molecule has 5 rings (SSSR count). The van der Waals surface area contributed by atoms with Crippen LogP contribution in [-0.4, -0.2) is 74.1 Å². The molecule has 0 radical (unpaired) electrons. The molecule has 1 aliphatic carbocycles. The molecular weight excluding hydrogens is 512 g/mol. The van der Waals surface area contributed by atoms with Crippen molar-refractivity contribution in [2.24, 2.45) is 5.41 Å². The Labute approximate surface area is 235 Å². The zero-order valence-electron chi connectivity index (χ0n) is 24.0. The van der Waals surface area contributed by atoms with Crippen LogP contribution in [0.1, 0.15) is 63.2 Å². The van der Waals surface area contributed by atoms with Gasteiger partial charge in [-0.05, 0) is 58.2 Å². The van der Waals surface area contributed by atoms with Gasteiger partial charge in [0, 0.05) is 31.7 Å². The van der Waals surface area contributed by atoms with E-state index in [1.165, 1.54) is 12.8 Å². The molecule has 1 saturated heterocycles. The average Bonchev–Trinajstić information content (AvgIpc) is 3.40. The minimum absolute atomic E-state index is 0.0492. The Hall–Kier alpha value is -3.44. The highest BCUT2D eigenvalue weighted by molar-refractivity contribution is 6.01. The van der Waals surface area contributed by atoms with E-state index < -0.39 is 5.41 Å². The lowest BCUT2D eigenvalue weighted by Gasteiger charge is -2.34. The van der Waals surface area contributed by atoms with E-state index in [1.54, 1.807) is 43.5 Å². The van der Waals surface area contributed by atoms with Gasteiger partial charge in [0.2, 0.25) is 11.9 Å². The van der Waals surface area contributed by atoms with Crippen molar-refractivity contribution in [1.82, 2.24) is 15.3 Å². The molecular formula is C29H40N6O5. The van der Waals surface area contributed by atoms with E-state index in [0.717, 1.165) is 18.7 Å². The van der Waals surface area contributed by atoms with Gasteiger partial charge in [-0.3, -0.25) is 9.59 Å². The van der Waals surface area contributed by atoms with Gasteiger partial charge in [0.1, 0.15) is 17.5 Å². The van der Waals surface area contributed by atoms with Crippen molar-refractivity contribution in [1.29, 1.82) is 0 Å². The fourth-order valence-electron chi connectivity index (χ4n) is 5.50. The lowest BCUT2D eigenvalue weighted by molar-refractivity contribution is -0.125. The first kappa shape index (κ1) is 28.1. The van der Waals surface area contributed by atoms with Gasteiger partial charge >= 0.3 is 0 Å². The Morgan fingerprint density at radius 3 is 2.70 bits per heavy atom. The molecule has 40 heavy (non-hydrogen) atoms. The molecule has 216 valence electrons. The quantitative estimate of drug-likeness (QED) is 0.334. The second kappa shape index (κ2) is 11.6. The molecule has 3 aliphatic rings. The van der Waals surface area contributed by atoms with Gasteiger partial charge < -0.3 is 34.6 Å². The van der Waals surface area contributed by atoms with E-state index in [-0.39, 0.29) is 24.2 Å². The van der Waals surface area contributed by atoms with Crippen LogP contribution < -0.4 is 25.2 Å². The smallest absolute Gasteiger partial charge is 0.251 e. The normalized spacial score (nSPS) is 22.1.